The van der Waals surface area contributed by atoms with Crippen molar-refractivity contribution in [2.24, 2.45) is 0 Å². The number of anilines is 1. The molecule has 2 aromatic heterocycles. The highest BCUT2D eigenvalue weighted by Gasteiger charge is 2.21. The molecule has 3 aromatic rings. The summed E-state index contributed by atoms with van der Waals surface area (Å²) in [5.74, 6) is 0. The Morgan fingerprint density at radius 2 is 2.00 bits per heavy atom. The number of rotatable bonds is 4. The maximum atomic E-state index is 4.66. The molecule has 0 atom stereocenters. The van der Waals surface area contributed by atoms with E-state index < -0.39 is 0 Å². The quantitative estimate of drug-likeness (QED) is 0.687. The standard InChI is InChI=1S/C19H19BrN4/c20-16-10-17(12-21-11-16)23-9-7-19-18(13-23)22-14-24(19)8-6-15-4-2-1-3-5-15/h1-5,10-12,14H,6-9,13H2. The zero-order chi connectivity index (χ0) is 16.4. The van der Waals surface area contributed by atoms with Gasteiger partial charge in [0.1, 0.15) is 0 Å². The first-order valence-electron chi connectivity index (χ1n) is 8.22. The molecule has 0 unspecified atom stereocenters. The Bertz CT molecular complexity index is 828. The van der Waals surface area contributed by atoms with Crippen molar-refractivity contribution in [1.82, 2.24) is 14.5 Å². The molecule has 0 amide bonds. The van der Waals surface area contributed by atoms with E-state index in [1.54, 1.807) is 0 Å². The number of hydrogen-bond acceptors (Lipinski definition) is 3. The SMILES string of the molecule is Brc1cncc(N2CCc3c(ncn3CCc3ccccc3)C2)c1. The van der Waals surface area contributed by atoms with Gasteiger partial charge in [-0.15, -0.1) is 0 Å². The Labute approximate surface area is 150 Å². The van der Waals surface area contributed by atoms with Crippen LogP contribution < -0.4 is 4.90 Å². The minimum atomic E-state index is 0.853. The molecule has 5 heteroatoms. The first-order valence-corrected chi connectivity index (χ1v) is 9.01. The number of hydrogen-bond donors (Lipinski definition) is 0. The zero-order valence-electron chi connectivity index (χ0n) is 13.4. The predicted octanol–water partition coefficient (Wildman–Crippen LogP) is 3.85. The summed E-state index contributed by atoms with van der Waals surface area (Å²) in [6.45, 7) is 2.85. The average molecular weight is 383 g/mol. The molecule has 24 heavy (non-hydrogen) atoms. The molecular formula is C19H19BrN4. The first kappa shape index (κ1) is 15.4. The second-order valence-electron chi connectivity index (χ2n) is 6.10. The van der Waals surface area contributed by atoms with Gasteiger partial charge in [-0.3, -0.25) is 4.98 Å². The third kappa shape index (κ3) is 3.22. The number of nitrogens with zero attached hydrogens (tertiary/aromatic N) is 4. The summed E-state index contributed by atoms with van der Waals surface area (Å²) in [6.07, 6.45) is 7.80. The summed E-state index contributed by atoms with van der Waals surface area (Å²) >= 11 is 3.50. The monoisotopic (exact) mass is 382 g/mol. The smallest absolute Gasteiger partial charge is 0.0952 e. The fraction of sp³-hybridized carbons (Fsp3) is 0.263. The minimum Gasteiger partial charge on any atom is -0.364 e. The summed E-state index contributed by atoms with van der Waals surface area (Å²) in [5.41, 5.74) is 5.09. The maximum Gasteiger partial charge on any atom is 0.0952 e. The van der Waals surface area contributed by atoms with Crippen LogP contribution in [0, 0.1) is 0 Å². The van der Waals surface area contributed by atoms with Crippen molar-refractivity contribution in [3.8, 4) is 0 Å². The van der Waals surface area contributed by atoms with E-state index >= 15 is 0 Å². The zero-order valence-corrected chi connectivity index (χ0v) is 15.0. The van der Waals surface area contributed by atoms with Gasteiger partial charge in [0.25, 0.3) is 0 Å². The van der Waals surface area contributed by atoms with Crippen LogP contribution in [0.25, 0.3) is 0 Å². The van der Waals surface area contributed by atoms with Crippen LogP contribution in [0.5, 0.6) is 0 Å². The van der Waals surface area contributed by atoms with E-state index in [-0.39, 0.29) is 0 Å². The summed E-state index contributed by atoms with van der Waals surface area (Å²) in [6, 6.07) is 12.8. The lowest BCUT2D eigenvalue weighted by molar-refractivity contribution is 0.624. The molecule has 0 saturated carbocycles. The van der Waals surface area contributed by atoms with E-state index in [9.17, 15) is 0 Å². The molecule has 0 radical (unpaired) electrons. The number of benzene rings is 1. The number of aromatic nitrogens is 3. The summed E-state index contributed by atoms with van der Waals surface area (Å²) in [7, 11) is 0. The molecule has 4 nitrogen and oxygen atoms in total. The van der Waals surface area contributed by atoms with Gasteiger partial charge in [-0.05, 0) is 34.0 Å². The lowest BCUT2D eigenvalue weighted by Crippen LogP contribution is -2.31. The molecule has 1 aromatic carbocycles. The molecule has 122 valence electrons. The Balaban J connectivity index is 1.47. The summed E-state index contributed by atoms with van der Waals surface area (Å²) in [4.78, 5) is 11.3. The molecule has 0 N–H and O–H groups in total. The third-order valence-corrected chi connectivity index (χ3v) is 4.97. The predicted molar refractivity (Wildman–Crippen MR) is 99.1 cm³/mol. The lowest BCUT2D eigenvalue weighted by atomic mass is 10.1. The molecule has 0 saturated heterocycles. The number of halogens is 1. The van der Waals surface area contributed by atoms with Gasteiger partial charge < -0.3 is 9.47 Å². The van der Waals surface area contributed by atoms with Crippen molar-refractivity contribution in [3.05, 3.63) is 76.5 Å². The summed E-state index contributed by atoms with van der Waals surface area (Å²) < 4.78 is 3.33. The fourth-order valence-electron chi connectivity index (χ4n) is 3.25. The van der Waals surface area contributed by atoms with E-state index in [0.29, 0.717) is 0 Å². The van der Waals surface area contributed by atoms with Crippen LogP contribution >= 0.6 is 15.9 Å². The van der Waals surface area contributed by atoms with E-state index in [1.807, 2.05) is 18.7 Å². The van der Waals surface area contributed by atoms with Crippen molar-refractivity contribution in [1.29, 1.82) is 0 Å². The summed E-state index contributed by atoms with van der Waals surface area (Å²) in [5, 5.41) is 0. The third-order valence-electron chi connectivity index (χ3n) is 4.53. The van der Waals surface area contributed by atoms with Gasteiger partial charge in [0.15, 0.2) is 0 Å². The van der Waals surface area contributed by atoms with Crippen LogP contribution in [0.1, 0.15) is 17.0 Å². The molecule has 0 aliphatic carbocycles. The molecule has 0 bridgehead atoms. The number of pyridine rings is 1. The van der Waals surface area contributed by atoms with Crippen LogP contribution in [0.3, 0.4) is 0 Å². The lowest BCUT2D eigenvalue weighted by Gasteiger charge is -2.29. The number of aryl methyl sites for hydroxylation is 2. The van der Waals surface area contributed by atoms with Crippen molar-refractivity contribution in [3.63, 3.8) is 0 Å². The fourth-order valence-corrected chi connectivity index (χ4v) is 3.60. The van der Waals surface area contributed by atoms with Crippen LogP contribution in [0.4, 0.5) is 5.69 Å². The first-order chi connectivity index (χ1) is 11.8. The molecule has 1 aliphatic heterocycles. The van der Waals surface area contributed by atoms with E-state index in [1.165, 1.54) is 17.0 Å². The Kier molecular flexibility index (Phi) is 4.34. The molecule has 3 heterocycles. The van der Waals surface area contributed by atoms with Crippen molar-refractivity contribution >= 4 is 21.6 Å². The molecule has 0 spiro atoms. The highest BCUT2D eigenvalue weighted by molar-refractivity contribution is 9.10. The average Bonchev–Trinajstić information content (AvgIpc) is 3.03. The van der Waals surface area contributed by atoms with Crippen molar-refractivity contribution < 1.29 is 0 Å². The molecule has 0 fully saturated rings. The Morgan fingerprint density at radius 1 is 1.12 bits per heavy atom. The Hall–Kier alpha value is -2.14. The van der Waals surface area contributed by atoms with Gasteiger partial charge in [-0.2, -0.15) is 0 Å². The van der Waals surface area contributed by atoms with E-state index in [4.69, 9.17) is 0 Å². The van der Waals surface area contributed by atoms with E-state index in [2.05, 4.69) is 71.8 Å². The largest absolute Gasteiger partial charge is 0.364 e. The Morgan fingerprint density at radius 3 is 2.83 bits per heavy atom. The highest BCUT2D eigenvalue weighted by atomic mass is 79.9. The minimum absolute atomic E-state index is 0.853. The van der Waals surface area contributed by atoms with Crippen LogP contribution in [0.15, 0.2) is 59.6 Å². The molecular weight excluding hydrogens is 364 g/mol. The van der Waals surface area contributed by atoms with Crippen molar-refractivity contribution in [2.75, 3.05) is 11.4 Å². The van der Waals surface area contributed by atoms with Gasteiger partial charge >= 0.3 is 0 Å². The van der Waals surface area contributed by atoms with Gasteiger partial charge in [0, 0.05) is 35.9 Å². The molecule has 1 aliphatic rings. The molecule has 4 rings (SSSR count). The van der Waals surface area contributed by atoms with Gasteiger partial charge in [-0.25, -0.2) is 4.98 Å². The normalized spacial score (nSPS) is 13.8. The topological polar surface area (TPSA) is 34.0 Å². The number of imidazole rings is 1. The van der Waals surface area contributed by atoms with Crippen LogP contribution in [-0.2, 0) is 25.9 Å². The van der Waals surface area contributed by atoms with Gasteiger partial charge in [0.05, 0.1) is 30.5 Å². The van der Waals surface area contributed by atoms with Crippen molar-refractivity contribution in [2.45, 2.75) is 25.9 Å². The van der Waals surface area contributed by atoms with Crippen LogP contribution in [-0.4, -0.2) is 21.1 Å². The van der Waals surface area contributed by atoms with E-state index in [0.717, 1.165) is 42.6 Å². The van der Waals surface area contributed by atoms with Crippen LogP contribution in [0.2, 0.25) is 0 Å². The number of fused-ring (bicyclic) bond motifs is 1. The second-order valence-corrected chi connectivity index (χ2v) is 7.02. The van der Waals surface area contributed by atoms with Gasteiger partial charge in [-0.1, -0.05) is 30.3 Å². The second kappa shape index (κ2) is 6.77. The highest BCUT2D eigenvalue weighted by Crippen LogP contribution is 2.25. The maximum absolute atomic E-state index is 4.66. The van der Waals surface area contributed by atoms with Gasteiger partial charge in [0.2, 0.25) is 0 Å².